The van der Waals surface area contributed by atoms with Gasteiger partial charge < -0.3 is 11.1 Å². The summed E-state index contributed by atoms with van der Waals surface area (Å²) in [4.78, 5) is 12.4. The molecule has 0 atom stereocenters. The van der Waals surface area contributed by atoms with E-state index in [-0.39, 0.29) is 16.7 Å². The van der Waals surface area contributed by atoms with Gasteiger partial charge in [-0.1, -0.05) is 27.7 Å². The van der Waals surface area contributed by atoms with E-state index in [1.165, 1.54) is 0 Å². The molecule has 1 aromatic heterocycles. The summed E-state index contributed by atoms with van der Waals surface area (Å²) >= 11 is 0. The molecule has 0 radical (unpaired) electrons. The minimum absolute atomic E-state index is 0.148. The highest BCUT2D eigenvalue weighted by atomic mass is 16.1. The molecule has 2 aromatic rings. The van der Waals surface area contributed by atoms with E-state index >= 15 is 0 Å². The van der Waals surface area contributed by atoms with Gasteiger partial charge in [-0.25, -0.2) is 0 Å². The second-order valence-electron chi connectivity index (χ2n) is 7.08. The number of nitrogens with two attached hydrogens (primary N) is 1. The Labute approximate surface area is 124 Å². The number of H-pyrrole nitrogens is 1. The first-order chi connectivity index (χ1) is 9.75. The smallest absolute Gasteiger partial charge is 0.272 e. The SMILES string of the molecule is CC1(C)C(CNC(=O)c2n[nH]c3ccc(N)cc23)C1(C)C. The molecule has 1 aliphatic carbocycles. The van der Waals surface area contributed by atoms with Crippen LogP contribution in [-0.2, 0) is 0 Å². The molecule has 1 aromatic carbocycles. The van der Waals surface area contributed by atoms with E-state index in [9.17, 15) is 4.79 Å². The Kier molecular flexibility index (Phi) is 2.80. The second-order valence-corrected chi connectivity index (χ2v) is 7.08. The van der Waals surface area contributed by atoms with Gasteiger partial charge in [-0.2, -0.15) is 5.10 Å². The molecule has 21 heavy (non-hydrogen) atoms. The van der Waals surface area contributed by atoms with Crippen LogP contribution in [0.25, 0.3) is 10.9 Å². The Bertz CT molecular complexity index is 700. The summed E-state index contributed by atoms with van der Waals surface area (Å²) in [6.07, 6.45) is 0. The number of hydrogen-bond donors (Lipinski definition) is 3. The van der Waals surface area contributed by atoms with Gasteiger partial charge in [0.1, 0.15) is 0 Å². The van der Waals surface area contributed by atoms with Gasteiger partial charge in [-0.05, 0) is 34.9 Å². The van der Waals surface area contributed by atoms with Crippen LogP contribution in [0, 0.1) is 16.7 Å². The van der Waals surface area contributed by atoms with Crippen LogP contribution < -0.4 is 11.1 Å². The fourth-order valence-corrected chi connectivity index (χ4v) is 3.33. The molecule has 0 saturated heterocycles. The molecule has 0 unspecified atom stereocenters. The zero-order valence-electron chi connectivity index (χ0n) is 12.9. The number of nitrogen functional groups attached to an aromatic ring is 1. The molecular weight excluding hydrogens is 264 g/mol. The average molecular weight is 286 g/mol. The van der Waals surface area contributed by atoms with Gasteiger partial charge in [-0.15, -0.1) is 0 Å². The average Bonchev–Trinajstić information content (AvgIpc) is 2.74. The van der Waals surface area contributed by atoms with E-state index < -0.39 is 0 Å². The molecule has 3 rings (SSSR count). The first-order valence-corrected chi connectivity index (χ1v) is 7.27. The first-order valence-electron chi connectivity index (χ1n) is 7.27. The normalized spacial score (nSPS) is 19.6. The predicted molar refractivity (Wildman–Crippen MR) is 83.9 cm³/mol. The molecule has 1 aliphatic rings. The highest BCUT2D eigenvalue weighted by molar-refractivity contribution is 6.05. The van der Waals surface area contributed by atoms with E-state index in [0.29, 0.717) is 23.8 Å². The van der Waals surface area contributed by atoms with Gasteiger partial charge in [0.05, 0.1) is 5.52 Å². The molecule has 5 heteroatoms. The number of carbonyl (C=O) groups excluding carboxylic acids is 1. The number of aromatic amines is 1. The molecule has 1 fully saturated rings. The lowest BCUT2D eigenvalue weighted by Gasteiger charge is -2.05. The lowest BCUT2D eigenvalue weighted by Crippen LogP contribution is -2.27. The highest BCUT2D eigenvalue weighted by Crippen LogP contribution is 2.67. The molecule has 4 N–H and O–H groups in total. The summed E-state index contributed by atoms with van der Waals surface area (Å²) in [5, 5.41) is 10.8. The van der Waals surface area contributed by atoms with Crippen molar-refractivity contribution in [2.45, 2.75) is 27.7 Å². The van der Waals surface area contributed by atoms with Gasteiger partial charge in [-0.3, -0.25) is 9.89 Å². The maximum Gasteiger partial charge on any atom is 0.272 e. The topological polar surface area (TPSA) is 83.8 Å². The third-order valence-corrected chi connectivity index (χ3v) is 5.59. The minimum atomic E-state index is -0.148. The predicted octanol–water partition coefficient (Wildman–Crippen LogP) is 2.56. The first kappa shape index (κ1) is 13.9. The number of aromatic nitrogens is 2. The summed E-state index contributed by atoms with van der Waals surface area (Å²) < 4.78 is 0. The second kappa shape index (κ2) is 4.23. The van der Waals surface area contributed by atoms with Crippen LogP contribution in [0.2, 0.25) is 0 Å². The van der Waals surface area contributed by atoms with Crippen molar-refractivity contribution in [3.05, 3.63) is 23.9 Å². The minimum Gasteiger partial charge on any atom is -0.399 e. The van der Waals surface area contributed by atoms with E-state index in [1.807, 2.05) is 6.07 Å². The van der Waals surface area contributed by atoms with E-state index in [1.54, 1.807) is 12.1 Å². The van der Waals surface area contributed by atoms with Gasteiger partial charge in [0.2, 0.25) is 0 Å². The van der Waals surface area contributed by atoms with Crippen LogP contribution in [0.4, 0.5) is 5.69 Å². The Morgan fingerprint density at radius 3 is 2.62 bits per heavy atom. The molecule has 0 bridgehead atoms. The number of benzene rings is 1. The Balaban J connectivity index is 1.75. The molecule has 1 heterocycles. The maximum atomic E-state index is 12.4. The third kappa shape index (κ3) is 1.99. The largest absolute Gasteiger partial charge is 0.399 e. The summed E-state index contributed by atoms with van der Waals surface area (Å²) in [5.74, 6) is 0.342. The van der Waals surface area contributed by atoms with E-state index in [0.717, 1.165) is 10.9 Å². The Hall–Kier alpha value is -2.04. The van der Waals surface area contributed by atoms with Crippen LogP contribution >= 0.6 is 0 Å². The summed E-state index contributed by atoms with van der Waals surface area (Å²) in [6.45, 7) is 9.65. The van der Waals surface area contributed by atoms with Gasteiger partial charge in [0, 0.05) is 17.6 Å². The van der Waals surface area contributed by atoms with E-state index in [2.05, 4.69) is 43.2 Å². The maximum absolute atomic E-state index is 12.4. The number of nitrogens with one attached hydrogen (secondary N) is 2. The quantitative estimate of drug-likeness (QED) is 0.758. The Morgan fingerprint density at radius 2 is 2.00 bits per heavy atom. The van der Waals surface area contributed by atoms with Crippen LogP contribution in [0.1, 0.15) is 38.2 Å². The van der Waals surface area contributed by atoms with Crippen molar-refractivity contribution in [2.75, 3.05) is 12.3 Å². The molecule has 112 valence electrons. The highest BCUT2D eigenvalue weighted by Gasteiger charge is 2.64. The standard InChI is InChI=1S/C16H22N4O/c1-15(2)12(16(15,3)4)8-18-14(21)13-10-7-9(17)5-6-11(10)19-20-13/h5-7,12H,8,17H2,1-4H3,(H,18,21)(H,19,20). The lowest BCUT2D eigenvalue weighted by molar-refractivity contribution is 0.0946. The van der Waals surface area contributed by atoms with Crippen molar-refractivity contribution in [1.82, 2.24) is 15.5 Å². The van der Waals surface area contributed by atoms with Crippen molar-refractivity contribution in [2.24, 2.45) is 16.7 Å². The van der Waals surface area contributed by atoms with Crippen LogP contribution in [-0.4, -0.2) is 22.6 Å². The number of anilines is 1. The van der Waals surface area contributed by atoms with Crippen molar-refractivity contribution < 1.29 is 4.79 Å². The summed E-state index contributed by atoms with van der Waals surface area (Å²) in [5.41, 5.74) is 8.17. The lowest BCUT2D eigenvalue weighted by atomic mass is 10.0. The fraction of sp³-hybridized carbons (Fsp3) is 0.500. The summed E-state index contributed by atoms with van der Waals surface area (Å²) in [6, 6.07) is 5.40. The number of carbonyl (C=O) groups is 1. The fourth-order valence-electron chi connectivity index (χ4n) is 3.33. The molecule has 5 nitrogen and oxygen atoms in total. The zero-order chi connectivity index (χ0) is 15.4. The molecule has 0 spiro atoms. The molecule has 0 aliphatic heterocycles. The number of hydrogen-bond acceptors (Lipinski definition) is 3. The molecule has 1 saturated carbocycles. The number of amides is 1. The number of nitrogens with zero attached hydrogens (tertiary/aromatic N) is 1. The van der Waals surface area contributed by atoms with Gasteiger partial charge in [0.25, 0.3) is 5.91 Å². The van der Waals surface area contributed by atoms with Crippen LogP contribution in [0.3, 0.4) is 0 Å². The molecular formula is C16H22N4O. The third-order valence-electron chi connectivity index (χ3n) is 5.59. The zero-order valence-corrected chi connectivity index (χ0v) is 12.9. The van der Waals surface area contributed by atoms with Crippen LogP contribution in [0.5, 0.6) is 0 Å². The van der Waals surface area contributed by atoms with Crippen molar-refractivity contribution >= 4 is 22.5 Å². The van der Waals surface area contributed by atoms with E-state index in [4.69, 9.17) is 5.73 Å². The van der Waals surface area contributed by atoms with Crippen molar-refractivity contribution in [3.8, 4) is 0 Å². The van der Waals surface area contributed by atoms with Crippen LogP contribution in [0.15, 0.2) is 18.2 Å². The summed E-state index contributed by atoms with van der Waals surface area (Å²) in [7, 11) is 0. The van der Waals surface area contributed by atoms with Gasteiger partial charge >= 0.3 is 0 Å². The van der Waals surface area contributed by atoms with Crippen molar-refractivity contribution in [3.63, 3.8) is 0 Å². The van der Waals surface area contributed by atoms with Crippen molar-refractivity contribution in [1.29, 1.82) is 0 Å². The number of fused-ring (bicyclic) bond motifs is 1. The molecule has 1 amide bonds. The monoisotopic (exact) mass is 286 g/mol. The Morgan fingerprint density at radius 1 is 1.33 bits per heavy atom. The van der Waals surface area contributed by atoms with Gasteiger partial charge in [0.15, 0.2) is 5.69 Å². The number of rotatable bonds is 3.